The van der Waals surface area contributed by atoms with E-state index in [1.54, 1.807) is 0 Å². The molecule has 1 saturated carbocycles. The number of nitrogens with two attached hydrogens (primary N) is 1. The van der Waals surface area contributed by atoms with Gasteiger partial charge in [-0.05, 0) is 36.8 Å². The van der Waals surface area contributed by atoms with Gasteiger partial charge in [0, 0.05) is 10.5 Å². The van der Waals surface area contributed by atoms with Gasteiger partial charge in [0.25, 0.3) is 0 Å². The molecule has 1 aromatic carbocycles. The van der Waals surface area contributed by atoms with Crippen molar-refractivity contribution in [3.8, 4) is 0 Å². The van der Waals surface area contributed by atoms with Gasteiger partial charge in [-0.2, -0.15) is 0 Å². The zero-order valence-electron chi connectivity index (χ0n) is 8.46. The Balaban J connectivity index is 2.26. The fourth-order valence-electron chi connectivity index (χ4n) is 1.98. The normalized spacial score (nSPS) is 19.1. The van der Waals surface area contributed by atoms with E-state index in [2.05, 4.69) is 41.1 Å². The number of hydrogen-bond acceptors (Lipinski definition) is 1. The molecule has 0 aliphatic heterocycles. The van der Waals surface area contributed by atoms with E-state index in [4.69, 9.17) is 5.73 Å². The van der Waals surface area contributed by atoms with Gasteiger partial charge in [-0.1, -0.05) is 40.5 Å². The lowest BCUT2D eigenvalue weighted by Gasteiger charge is -2.32. The summed E-state index contributed by atoms with van der Waals surface area (Å²) >= 11 is 3.62. The summed E-state index contributed by atoms with van der Waals surface area (Å²) in [7, 11) is 0. The highest BCUT2D eigenvalue weighted by Gasteiger charge is 2.26. The third kappa shape index (κ3) is 1.73. The number of aryl methyl sites for hydroxylation is 1. The Morgan fingerprint density at radius 1 is 1.43 bits per heavy atom. The highest BCUT2D eigenvalue weighted by Crippen LogP contribution is 2.38. The first-order valence-electron chi connectivity index (χ1n) is 5.20. The van der Waals surface area contributed by atoms with Crippen molar-refractivity contribution in [2.75, 3.05) is 0 Å². The second kappa shape index (κ2) is 4.03. The maximum Gasteiger partial charge on any atom is 0.0334 e. The minimum Gasteiger partial charge on any atom is -0.324 e. The van der Waals surface area contributed by atoms with Gasteiger partial charge in [0.1, 0.15) is 0 Å². The van der Waals surface area contributed by atoms with Crippen LogP contribution in [-0.4, -0.2) is 0 Å². The predicted octanol–water partition coefficient (Wildman–Crippen LogP) is 3.56. The molecule has 1 aliphatic rings. The van der Waals surface area contributed by atoms with E-state index >= 15 is 0 Å². The van der Waals surface area contributed by atoms with Crippen LogP contribution in [0.4, 0.5) is 0 Å². The molecule has 0 bridgehead atoms. The lowest BCUT2D eigenvalue weighted by molar-refractivity contribution is 0.264. The molecule has 1 nitrogen and oxygen atoms in total. The van der Waals surface area contributed by atoms with Gasteiger partial charge in [0.2, 0.25) is 0 Å². The van der Waals surface area contributed by atoms with Crippen molar-refractivity contribution in [3.05, 3.63) is 33.8 Å². The Labute approximate surface area is 93.8 Å². The second-order valence-electron chi connectivity index (χ2n) is 4.19. The van der Waals surface area contributed by atoms with Crippen molar-refractivity contribution >= 4 is 15.9 Å². The molecule has 1 atom stereocenters. The quantitative estimate of drug-likeness (QED) is 0.858. The molecule has 0 spiro atoms. The first kappa shape index (κ1) is 10.2. The van der Waals surface area contributed by atoms with Gasteiger partial charge < -0.3 is 5.73 Å². The molecule has 1 aromatic rings. The molecule has 1 aliphatic carbocycles. The molecule has 1 unspecified atom stereocenters. The number of benzene rings is 1. The lowest BCUT2D eigenvalue weighted by Crippen LogP contribution is -2.27. The Kier molecular flexibility index (Phi) is 2.93. The van der Waals surface area contributed by atoms with Crippen molar-refractivity contribution < 1.29 is 0 Å². The van der Waals surface area contributed by atoms with E-state index < -0.39 is 0 Å². The maximum absolute atomic E-state index is 6.24. The van der Waals surface area contributed by atoms with Crippen LogP contribution in [-0.2, 0) is 0 Å². The van der Waals surface area contributed by atoms with Gasteiger partial charge in [0.15, 0.2) is 0 Å². The summed E-state index contributed by atoms with van der Waals surface area (Å²) in [6.45, 7) is 2.11. The second-order valence-corrected chi connectivity index (χ2v) is 4.99. The van der Waals surface area contributed by atoms with Gasteiger partial charge in [-0.25, -0.2) is 0 Å². The molecule has 76 valence electrons. The maximum atomic E-state index is 6.24. The van der Waals surface area contributed by atoms with Crippen molar-refractivity contribution in [2.24, 2.45) is 11.7 Å². The highest BCUT2D eigenvalue weighted by molar-refractivity contribution is 9.10. The zero-order chi connectivity index (χ0) is 10.1. The molecule has 0 aromatic heterocycles. The van der Waals surface area contributed by atoms with Crippen LogP contribution in [0.1, 0.15) is 36.4 Å². The highest BCUT2D eigenvalue weighted by atomic mass is 79.9. The summed E-state index contributed by atoms with van der Waals surface area (Å²) < 4.78 is 1.19. The van der Waals surface area contributed by atoms with Crippen LogP contribution in [0.25, 0.3) is 0 Å². The zero-order valence-corrected chi connectivity index (χ0v) is 10.0. The number of rotatable bonds is 2. The van der Waals surface area contributed by atoms with Crippen LogP contribution in [0.3, 0.4) is 0 Å². The molecule has 2 N–H and O–H groups in total. The molecule has 1 fully saturated rings. The monoisotopic (exact) mass is 253 g/mol. The van der Waals surface area contributed by atoms with Gasteiger partial charge in [-0.3, -0.25) is 0 Å². The lowest BCUT2D eigenvalue weighted by atomic mass is 9.77. The summed E-state index contributed by atoms with van der Waals surface area (Å²) in [5, 5.41) is 0. The average molecular weight is 254 g/mol. The third-order valence-corrected chi connectivity index (χ3v) is 4.32. The van der Waals surface area contributed by atoms with Crippen molar-refractivity contribution in [2.45, 2.75) is 32.2 Å². The van der Waals surface area contributed by atoms with Crippen molar-refractivity contribution in [3.63, 3.8) is 0 Å². The molecular weight excluding hydrogens is 238 g/mol. The molecule has 2 rings (SSSR count). The molecule has 0 amide bonds. The van der Waals surface area contributed by atoms with Crippen LogP contribution in [0.5, 0.6) is 0 Å². The van der Waals surface area contributed by atoms with E-state index in [0.29, 0.717) is 5.92 Å². The fourth-order valence-corrected chi connectivity index (χ4v) is 2.51. The van der Waals surface area contributed by atoms with Gasteiger partial charge >= 0.3 is 0 Å². The largest absolute Gasteiger partial charge is 0.324 e. The molecule has 0 heterocycles. The van der Waals surface area contributed by atoms with Crippen LogP contribution in [0.15, 0.2) is 22.7 Å². The van der Waals surface area contributed by atoms with Gasteiger partial charge in [0.05, 0.1) is 0 Å². The minimum atomic E-state index is 0.220. The molecule has 0 saturated heterocycles. The summed E-state index contributed by atoms with van der Waals surface area (Å²) in [6, 6.07) is 6.56. The number of hydrogen-bond donors (Lipinski definition) is 1. The third-order valence-electron chi connectivity index (χ3n) is 3.24. The summed E-state index contributed by atoms with van der Waals surface area (Å²) in [6.07, 6.45) is 3.94. The summed E-state index contributed by atoms with van der Waals surface area (Å²) in [5.41, 5.74) is 8.79. The van der Waals surface area contributed by atoms with Crippen LogP contribution < -0.4 is 5.73 Å². The van der Waals surface area contributed by atoms with E-state index in [9.17, 15) is 0 Å². The van der Waals surface area contributed by atoms with Crippen LogP contribution in [0, 0.1) is 12.8 Å². The SMILES string of the molecule is Cc1cccc(C(N)C2CCC2)c1Br. The predicted molar refractivity (Wildman–Crippen MR) is 63.1 cm³/mol. The standard InChI is InChI=1S/C12H16BrN/c1-8-4-2-7-10(11(8)13)12(14)9-5-3-6-9/h2,4,7,9,12H,3,5-6,14H2,1H3. The molecule has 0 radical (unpaired) electrons. The van der Waals surface area contributed by atoms with E-state index in [1.807, 2.05) is 0 Å². The smallest absolute Gasteiger partial charge is 0.0334 e. The Bertz CT molecular complexity index is 331. The van der Waals surface area contributed by atoms with Crippen LogP contribution >= 0.6 is 15.9 Å². The van der Waals surface area contributed by atoms with E-state index in [-0.39, 0.29) is 6.04 Å². The topological polar surface area (TPSA) is 26.0 Å². The first-order chi connectivity index (χ1) is 6.70. The summed E-state index contributed by atoms with van der Waals surface area (Å²) in [4.78, 5) is 0. The first-order valence-corrected chi connectivity index (χ1v) is 6.00. The Morgan fingerprint density at radius 3 is 2.71 bits per heavy atom. The molecular formula is C12H16BrN. The average Bonchev–Trinajstić information content (AvgIpc) is 2.06. The molecule has 2 heteroatoms. The van der Waals surface area contributed by atoms with Crippen molar-refractivity contribution in [1.82, 2.24) is 0 Å². The minimum absolute atomic E-state index is 0.220. The number of halogens is 1. The van der Waals surface area contributed by atoms with E-state index in [0.717, 1.165) is 0 Å². The van der Waals surface area contributed by atoms with E-state index in [1.165, 1.54) is 34.9 Å². The fraction of sp³-hybridized carbons (Fsp3) is 0.500. The van der Waals surface area contributed by atoms with Crippen molar-refractivity contribution in [1.29, 1.82) is 0 Å². The van der Waals surface area contributed by atoms with Crippen LogP contribution in [0.2, 0.25) is 0 Å². The van der Waals surface area contributed by atoms with Gasteiger partial charge in [-0.15, -0.1) is 0 Å². The Morgan fingerprint density at radius 2 is 2.14 bits per heavy atom. The summed E-state index contributed by atoms with van der Waals surface area (Å²) in [5.74, 6) is 0.702. The molecule has 14 heavy (non-hydrogen) atoms. The Hall–Kier alpha value is -0.340.